The average molecular weight is 267 g/mol. The van der Waals surface area contributed by atoms with Gasteiger partial charge in [-0.05, 0) is 28.1 Å². The number of hydrogen-bond donors (Lipinski definition) is 2. The summed E-state index contributed by atoms with van der Waals surface area (Å²) in [5.74, 6) is 0. The standard InChI is InChI=1S/C12H15BrN2/c1-12(2,3)11-10(13)9-7(14)5-4-6-8(9)15-11/h4-6,15H,14H2,1-3H3. The molecule has 0 saturated carbocycles. The average Bonchev–Trinajstić information content (AvgIpc) is 2.44. The quantitative estimate of drug-likeness (QED) is 0.700. The van der Waals surface area contributed by atoms with Crippen LogP contribution in [0, 0.1) is 0 Å². The van der Waals surface area contributed by atoms with E-state index in [4.69, 9.17) is 5.73 Å². The molecule has 0 radical (unpaired) electrons. The molecule has 0 saturated heterocycles. The highest BCUT2D eigenvalue weighted by Crippen LogP contribution is 2.37. The van der Waals surface area contributed by atoms with E-state index in [0.29, 0.717) is 0 Å². The van der Waals surface area contributed by atoms with Crippen molar-refractivity contribution in [2.24, 2.45) is 0 Å². The first-order chi connectivity index (χ1) is 6.91. The normalized spacial score (nSPS) is 12.3. The second-order valence-electron chi connectivity index (χ2n) is 4.83. The van der Waals surface area contributed by atoms with Gasteiger partial charge in [-0.2, -0.15) is 0 Å². The first-order valence-electron chi connectivity index (χ1n) is 4.97. The molecule has 15 heavy (non-hydrogen) atoms. The number of halogens is 1. The molecule has 0 aliphatic heterocycles. The lowest BCUT2D eigenvalue weighted by molar-refractivity contribution is 0.571. The Morgan fingerprint density at radius 3 is 2.47 bits per heavy atom. The number of aromatic amines is 1. The predicted molar refractivity (Wildman–Crippen MR) is 69.1 cm³/mol. The lowest BCUT2D eigenvalue weighted by atomic mass is 9.92. The number of nitrogen functional groups attached to an aromatic ring is 1. The van der Waals surface area contributed by atoms with Crippen molar-refractivity contribution in [3.8, 4) is 0 Å². The van der Waals surface area contributed by atoms with Gasteiger partial charge >= 0.3 is 0 Å². The Labute approximate surface area is 98.0 Å². The highest BCUT2D eigenvalue weighted by molar-refractivity contribution is 9.10. The van der Waals surface area contributed by atoms with Crippen molar-refractivity contribution in [3.63, 3.8) is 0 Å². The van der Waals surface area contributed by atoms with Gasteiger partial charge in [-0.1, -0.05) is 26.8 Å². The van der Waals surface area contributed by atoms with Gasteiger partial charge in [-0.3, -0.25) is 0 Å². The summed E-state index contributed by atoms with van der Waals surface area (Å²) >= 11 is 3.63. The molecule has 0 spiro atoms. The van der Waals surface area contributed by atoms with Gasteiger partial charge in [0.05, 0.1) is 0 Å². The molecule has 0 aliphatic rings. The zero-order valence-electron chi connectivity index (χ0n) is 9.19. The molecular weight excluding hydrogens is 252 g/mol. The Balaban J connectivity index is 2.82. The first kappa shape index (κ1) is 10.6. The van der Waals surface area contributed by atoms with Crippen LogP contribution in [-0.4, -0.2) is 4.98 Å². The molecule has 80 valence electrons. The smallest absolute Gasteiger partial charge is 0.0488 e. The van der Waals surface area contributed by atoms with Crippen LogP contribution in [0.4, 0.5) is 5.69 Å². The van der Waals surface area contributed by atoms with Crippen LogP contribution >= 0.6 is 15.9 Å². The maximum Gasteiger partial charge on any atom is 0.0488 e. The van der Waals surface area contributed by atoms with Gasteiger partial charge in [0.25, 0.3) is 0 Å². The second-order valence-corrected chi connectivity index (χ2v) is 5.63. The van der Waals surface area contributed by atoms with Crippen molar-refractivity contribution in [3.05, 3.63) is 28.4 Å². The van der Waals surface area contributed by atoms with Crippen LogP contribution in [-0.2, 0) is 5.41 Å². The maximum absolute atomic E-state index is 5.96. The maximum atomic E-state index is 5.96. The van der Waals surface area contributed by atoms with Gasteiger partial charge in [-0.15, -0.1) is 0 Å². The molecule has 1 aromatic carbocycles. The molecule has 1 aromatic heterocycles. The van der Waals surface area contributed by atoms with Crippen molar-refractivity contribution in [1.29, 1.82) is 0 Å². The number of benzene rings is 1. The molecule has 0 bridgehead atoms. The van der Waals surface area contributed by atoms with E-state index in [1.165, 1.54) is 5.69 Å². The molecular formula is C12H15BrN2. The summed E-state index contributed by atoms with van der Waals surface area (Å²) in [5, 5.41) is 1.09. The summed E-state index contributed by atoms with van der Waals surface area (Å²) in [4.78, 5) is 3.42. The molecule has 2 nitrogen and oxygen atoms in total. The molecule has 0 unspecified atom stereocenters. The molecule has 2 rings (SSSR count). The van der Waals surface area contributed by atoms with Gasteiger partial charge in [0.15, 0.2) is 0 Å². The summed E-state index contributed by atoms with van der Waals surface area (Å²) < 4.78 is 1.09. The van der Waals surface area contributed by atoms with E-state index in [-0.39, 0.29) is 5.41 Å². The molecule has 0 atom stereocenters. The zero-order valence-corrected chi connectivity index (χ0v) is 10.8. The number of aromatic nitrogens is 1. The highest BCUT2D eigenvalue weighted by Gasteiger charge is 2.21. The van der Waals surface area contributed by atoms with Crippen molar-refractivity contribution in [2.75, 3.05) is 5.73 Å². The van der Waals surface area contributed by atoms with Gasteiger partial charge in [0, 0.05) is 32.2 Å². The van der Waals surface area contributed by atoms with Gasteiger partial charge in [0.1, 0.15) is 0 Å². The van der Waals surface area contributed by atoms with Crippen LogP contribution in [0.3, 0.4) is 0 Å². The summed E-state index contributed by atoms with van der Waals surface area (Å²) in [5.41, 5.74) is 9.14. The van der Waals surface area contributed by atoms with E-state index in [1.807, 2.05) is 18.2 Å². The van der Waals surface area contributed by atoms with Crippen molar-refractivity contribution in [2.45, 2.75) is 26.2 Å². The van der Waals surface area contributed by atoms with Gasteiger partial charge < -0.3 is 10.7 Å². The van der Waals surface area contributed by atoms with Crippen LogP contribution in [0.25, 0.3) is 10.9 Å². The van der Waals surface area contributed by atoms with Crippen LogP contribution in [0.15, 0.2) is 22.7 Å². The number of nitrogens with two attached hydrogens (primary N) is 1. The Bertz CT molecular complexity index is 506. The highest BCUT2D eigenvalue weighted by atomic mass is 79.9. The second kappa shape index (κ2) is 3.27. The number of hydrogen-bond acceptors (Lipinski definition) is 1. The summed E-state index contributed by atoms with van der Waals surface area (Å²) in [6.45, 7) is 6.54. The third-order valence-corrected chi connectivity index (χ3v) is 3.34. The molecule has 0 amide bonds. The van der Waals surface area contributed by atoms with E-state index >= 15 is 0 Å². The molecule has 2 aromatic rings. The fraction of sp³-hybridized carbons (Fsp3) is 0.333. The molecule has 1 heterocycles. The molecule has 0 fully saturated rings. The SMILES string of the molecule is CC(C)(C)c1[nH]c2cccc(N)c2c1Br. The van der Waals surface area contributed by atoms with E-state index < -0.39 is 0 Å². The minimum atomic E-state index is 0.0876. The minimum absolute atomic E-state index is 0.0876. The fourth-order valence-corrected chi connectivity index (χ4v) is 2.89. The third kappa shape index (κ3) is 1.65. The Morgan fingerprint density at radius 1 is 1.27 bits per heavy atom. The summed E-state index contributed by atoms with van der Waals surface area (Å²) in [6.07, 6.45) is 0. The molecule has 3 heteroatoms. The lowest BCUT2D eigenvalue weighted by Crippen LogP contribution is -2.12. The fourth-order valence-electron chi connectivity index (χ4n) is 1.75. The van der Waals surface area contributed by atoms with Crippen LogP contribution < -0.4 is 5.73 Å². The predicted octanol–water partition coefficient (Wildman–Crippen LogP) is 3.81. The number of fused-ring (bicyclic) bond motifs is 1. The van der Waals surface area contributed by atoms with Crippen LogP contribution in [0.2, 0.25) is 0 Å². The third-order valence-electron chi connectivity index (χ3n) is 2.55. The Morgan fingerprint density at radius 2 is 1.93 bits per heavy atom. The number of nitrogens with one attached hydrogen (secondary N) is 1. The number of rotatable bonds is 0. The van der Waals surface area contributed by atoms with E-state index in [1.54, 1.807) is 0 Å². The van der Waals surface area contributed by atoms with Gasteiger partial charge in [0.2, 0.25) is 0 Å². The number of H-pyrrole nitrogens is 1. The summed E-state index contributed by atoms with van der Waals surface area (Å²) in [6, 6.07) is 5.94. The Hall–Kier alpha value is -0.960. The van der Waals surface area contributed by atoms with Crippen LogP contribution in [0.1, 0.15) is 26.5 Å². The molecule has 3 N–H and O–H groups in total. The topological polar surface area (TPSA) is 41.8 Å². The van der Waals surface area contributed by atoms with Crippen molar-refractivity contribution >= 4 is 32.5 Å². The molecule has 0 aliphatic carbocycles. The van der Waals surface area contributed by atoms with Crippen LogP contribution in [0.5, 0.6) is 0 Å². The van der Waals surface area contributed by atoms with Gasteiger partial charge in [-0.25, -0.2) is 0 Å². The van der Waals surface area contributed by atoms with Crippen molar-refractivity contribution in [1.82, 2.24) is 4.98 Å². The van der Waals surface area contributed by atoms with Crippen molar-refractivity contribution < 1.29 is 0 Å². The monoisotopic (exact) mass is 266 g/mol. The minimum Gasteiger partial charge on any atom is -0.398 e. The first-order valence-corrected chi connectivity index (χ1v) is 5.76. The number of anilines is 1. The Kier molecular flexibility index (Phi) is 2.30. The lowest BCUT2D eigenvalue weighted by Gasteiger charge is -2.17. The summed E-state index contributed by atoms with van der Waals surface area (Å²) in [7, 11) is 0. The van der Waals surface area contributed by atoms with E-state index in [9.17, 15) is 0 Å². The largest absolute Gasteiger partial charge is 0.398 e. The van der Waals surface area contributed by atoms with E-state index in [0.717, 1.165) is 21.1 Å². The zero-order chi connectivity index (χ0) is 11.2. The van der Waals surface area contributed by atoms with E-state index in [2.05, 4.69) is 41.7 Å².